The van der Waals surface area contributed by atoms with Crippen molar-refractivity contribution in [1.29, 1.82) is 0 Å². The lowest BCUT2D eigenvalue weighted by atomic mass is 10.2. The zero-order chi connectivity index (χ0) is 24.1. The minimum atomic E-state index is -0.306. The molecule has 35 heavy (non-hydrogen) atoms. The Kier molecular flexibility index (Phi) is 9.12. The van der Waals surface area contributed by atoms with Crippen LogP contribution in [0.1, 0.15) is 17.5 Å². The second kappa shape index (κ2) is 12.0. The van der Waals surface area contributed by atoms with E-state index in [9.17, 15) is 14.0 Å². The summed E-state index contributed by atoms with van der Waals surface area (Å²) in [6, 6.07) is 14.2. The van der Waals surface area contributed by atoms with Crippen LogP contribution in [0.2, 0.25) is 0 Å². The van der Waals surface area contributed by atoms with E-state index in [1.165, 1.54) is 16.7 Å². The van der Waals surface area contributed by atoms with Gasteiger partial charge in [-0.25, -0.2) is 9.18 Å². The van der Waals surface area contributed by atoms with Gasteiger partial charge in [0, 0.05) is 50.6 Å². The van der Waals surface area contributed by atoms with Gasteiger partial charge in [0.15, 0.2) is 0 Å². The molecule has 0 N–H and O–H groups in total. The highest BCUT2D eigenvalue weighted by atomic mass is 35.5. The van der Waals surface area contributed by atoms with Gasteiger partial charge in [0.25, 0.3) is 5.56 Å². The Morgan fingerprint density at radius 1 is 0.971 bits per heavy atom. The standard InChI is InChI=1S/C26H31FN4O3.ClH/c1-20-18-30(26(33)31(25(20)32)19-21-7-4-3-5-8-21)12-6-11-28-13-15-29(16-14-28)23-10-9-22(27)17-24(23)34-2;/h3-5,7-10,17-18H,6,11-16,19H2,1-2H3;1H. The molecular weight excluding hydrogens is 471 g/mol. The molecule has 1 aromatic heterocycles. The van der Waals surface area contributed by atoms with E-state index in [-0.39, 0.29) is 36.0 Å². The first-order valence-corrected chi connectivity index (χ1v) is 11.6. The molecule has 2 aromatic carbocycles. The van der Waals surface area contributed by atoms with Gasteiger partial charge in [-0.2, -0.15) is 0 Å². The first kappa shape index (κ1) is 26.5. The molecule has 1 saturated heterocycles. The van der Waals surface area contributed by atoms with Crippen molar-refractivity contribution < 1.29 is 9.13 Å². The van der Waals surface area contributed by atoms with Gasteiger partial charge in [0.2, 0.25) is 0 Å². The number of anilines is 1. The quantitative estimate of drug-likeness (QED) is 0.473. The summed E-state index contributed by atoms with van der Waals surface area (Å²) >= 11 is 0. The lowest BCUT2D eigenvalue weighted by Crippen LogP contribution is -2.47. The van der Waals surface area contributed by atoms with Crippen LogP contribution >= 0.6 is 12.4 Å². The van der Waals surface area contributed by atoms with Crippen molar-refractivity contribution in [3.63, 3.8) is 0 Å². The molecule has 0 radical (unpaired) electrons. The van der Waals surface area contributed by atoms with E-state index in [4.69, 9.17) is 4.74 Å². The van der Waals surface area contributed by atoms with E-state index in [1.807, 2.05) is 30.3 Å². The maximum Gasteiger partial charge on any atom is 0.331 e. The Morgan fingerprint density at radius 2 is 1.69 bits per heavy atom. The van der Waals surface area contributed by atoms with Gasteiger partial charge in [0.1, 0.15) is 11.6 Å². The summed E-state index contributed by atoms with van der Waals surface area (Å²) in [6.45, 7) is 6.84. The van der Waals surface area contributed by atoms with Crippen molar-refractivity contribution in [2.75, 3.05) is 44.7 Å². The van der Waals surface area contributed by atoms with Gasteiger partial charge in [-0.3, -0.25) is 14.3 Å². The summed E-state index contributed by atoms with van der Waals surface area (Å²) in [5.41, 5.74) is 1.89. The van der Waals surface area contributed by atoms with Gasteiger partial charge in [-0.15, -0.1) is 12.4 Å². The third-order valence-corrected chi connectivity index (χ3v) is 6.32. The molecule has 0 bridgehead atoms. The van der Waals surface area contributed by atoms with Crippen molar-refractivity contribution in [2.24, 2.45) is 0 Å². The number of hydrogen-bond donors (Lipinski definition) is 0. The number of halogens is 2. The highest BCUT2D eigenvalue weighted by Crippen LogP contribution is 2.29. The van der Waals surface area contributed by atoms with Crippen molar-refractivity contribution >= 4 is 18.1 Å². The molecule has 1 aliphatic heterocycles. The van der Waals surface area contributed by atoms with E-state index in [1.54, 1.807) is 30.9 Å². The van der Waals surface area contributed by atoms with E-state index in [0.717, 1.165) is 50.4 Å². The van der Waals surface area contributed by atoms with Gasteiger partial charge in [-0.1, -0.05) is 30.3 Å². The molecule has 0 amide bonds. The molecule has 4 rings (SSSR count). The lowest BCUT2D eigenvalue weighted by Gasteiger charge is -2.36. The largest absolute Gasteiger partial charge is 0.494 e. The number of methoxy groups -OCH3 is 1. The Hall–Kier alpha value is -3.10. The minimum Gasteiger partial charge on any atom is -0.494 e. The maximum absolute atomic E-state index is 13.5. The average Bonchev–Trinajstić information content (AvgIpc) is 2.86. The highest BCUT2D eigenvalue weighted by molar-refractivity contribution is 5.85. The van der Waals surface area contributed by atoms with Crippen molar-refractivity contribution in [1.82, 2.24) is 14.0 Å². The highest BCUT2D eigenvalue weighted by Gasteiger charge is 2.20. The first-order valence-electron chi connectivity index (χ1n) is 11.6. The molecule has 1 aliphatic rings. The number of hydrogen-bond acceptors (Lipinski definition) is 5. The first-order chi connectivity index (χ1) is 16.5. The molecule has 0 aliphatic carbocycles. The number of benzene rings is 2. The number of ether oxygens (including phenoxy) is 1. The van der Waals surface area contributed by atoms with Crippen LogP contribution in [0.3, 0.4) is 0 Å². The molecule has 1 fully saturated rings. The Morgan fingerprint density at radius 3 is 2.37 bits per heavy atom. The Bertz CT molecular complexity index is 1240. The summed E-state index contributed by atoms with van der Waals surface area (Å²) in [6.07, 6.45) is 2.48. The number of aromatic nitrogens is 2. The third kappa shape index (κ3) is 6.32. The molecule has 3 aromatic rings. The SMILES string of the molecule is COc1cc(F)ccc1N1CCN(CCCn2cc(C)c(=O)n(Cc3ccccc3)c2=O)CC1.Cl. The summed E-state index contributed by atoms with van der Waals surface area (Å²) < 4.78 is 21.8. The monoisotopic (exact) mass is 502 g/mol. The maximum atomic E-state index is 13.5. The third-order valence-electron chi connectivity index (χ3n) is 6.32. The van der Waals surface area contributed by atoms with Gasteiger partial charge >= 0.3 is 5.69 Å². The average molecular weight is 503 g/mol. The van der Waals surface area contributed by atoms with Crippen LogP contribution in [-0.4, -0.2) is 53.9 Å². The van der Waals surface area contributed by atoms with Crippen molar-refractivity contribution in [3.8, 4) is 5.75 Å². The molecule has 2 heterocycles. The smallest absolute Gasteiger partial charge is 0.331 e. The molecule has 0 saturated carbocycles. The van der Waals surface area contributed by atoms with E-state index in [2.05, 4.69) is 9.80 Å². The van der Waals surface area contributed by atoms with Crippen LogP contribution in [0, 0.1) is 12.7 Å². The summed E-state index contributed by atoms with van der Waals surface area (Å²) in [7, 11) is 1.56. The second-order valence-electron chi connectivity index (χ2n) is 8.66. The number of piperazine rings is 1. The second-order valence-corrected chi connectivity index (χ2v) is 8.66. The van der Waals surface area contributed by atoms with Gasteiger partial charge in [-0.05, 0) is 37.6 Å². The Labute approximate surface area is 210 Å². The van der Waals surface area contributed by atoms with E-state index >= 15 is 0 Å². The normalized spacial score (nSPS) is 14.0. The fourth-order valence-corrected chi connectivity index (χ4v) is 4.45. The molecule has 0 atom stereocenters. The fourth-order valence-electron chi connectivity index (χ4n) is 4.45. The van der Waals surface area contributed by atoms with Crippen LogP contribution < -0.4 is 20.9 Å². The molecular formula is C26H32ClFN4O3. The van der Waals surface area contributed by atoms with Crippen molar-refractivity contribution in [3.05, 3.63) is 92.5 Å². The summed E-state index contributed by atoms with van der Waals surface area (Å²) in [4.78, 5) is 30.1. The number of rotatable bonds is 8. The van der Waals surface area contributed by atoms with Gasteiger partial charge < -0.3 is 14.2 Å². The van der Waals surface area contributed by atoms with Crippen LogP contribution in [0.15, 0.2) is 64.3 Å². The molecule has 0 spiro atoms. The van der Waals surface area contributed by atoms with Gasteiger partial charge in [0.05, 0.1) is 19.3 Å². The lowest BCUT2D eigenvalue weighted by molar-refractivity contribution is 0.249. The zero-order valence-electron chi connectivity index (χ0n) is 20.2. The number of aryl methyl sites for hydroxylation is 2. The van der Waals surface area contributed by atoms with Crippen LogP contribution in [-0.2, 0) is 13.1 Å². The summed E-state index contributed by atoms with van der Waals surface area (Å²) in [5, 5.41) is 0. The van der Waals surface area contributed by atoms with Crippen molar-refractivity contribution in [2.45, 2.75) is 26.4 Å². The predicted molar refractivity (Wildman–Crippen MR) is 139 cm³/mol. The summed E-state index contributed by atoms with van der Waals surface area (Å²) in [5.74, 6) is 0.244. The Balaban J connectivity index is 0.00000342. The topological polar surface area (TPSA) is 59.7 Å². The molecule has 188 valence electrons. The zero-order valence-corrected chi connectivity index (χ0v) is 21.0. The van der Waals surface area contributed by atoms with E-state index < -0.39 is 0 Å². The van der Waals surface area contributed by atoms with E-state index in [0.29, 0.717) is 17.9 Å². The fraction of sp³-hybridized carbons (Fsp3) is 0.385. The van der Waals surface area contributed by atoms with Crippen LogP contribution in [0.4, 0.5) is 10.1 Å². The number of nitrogens with zero attached hydrogens (tertiary/aromatic N) is 4. The molecule has 7 nitrogen and oxygen atoms in total. The molecule has 0 unspecified atom stereocenters. The van der Waals surface area contributed by atoms with Crippen LogP contribution in [0.5, 0.6) is 5.75 Å². The molecule has 9 heteroatoms. The predicted octanol–water partition coefficient (Wildman–Crippen LogP) is 3.15. The minimum absolute atomic E-state index is 0. The van der Waals surface area contributed by atoms with Crippen LogP contribution in [0.25, 0.3) is 0 Å².